The Morgan fingerprint density at radius 1 is 1.40 bits per heavy atom. The molecule has 0 N–H and O–H groups in total. The summed E-state index contributed by atoms with van der Waals surface area (Å²) in [5, 5.41) is 0. The van der Waals surface area contributed by atoms with Crippen molar-refractivity contribution in [1.29, 1.82) is 0 Å². The van der Waals surface area contributed by atoms with Gasteiger partial charge in [-0.3, -0.25) is 0 Å². The summed E-state index contributed by atoms with van der Waals surface area (Å²) in [7, 11) is 0. The summed E-state index contributed by atoms with van der Waals surface area (Å²) in [4.78, 5) is 7.49. The number of hydrogen-bond donors (Lipinski definition) is 0. The van der Waals surface area contributed by atoms with E-state index in [0.717, 1.165) is 23.4 Å². The van der Waals surface area contributed by atoms with Gasteiger partial charge >= 0.3 is 0 Å². The summed E-state index contributed by atoms with van der Waals surface area (Å²) in [6.07, 6.45) is 4.28. The summed E-state index contributed by atoms with van der Waals surface area (Å²) in [5.74, 6) is 1.09. The first-order valence-electron chi connectivity index (χ1n) is 5.18. The standard InChI is InChI=1S/C11H14Br2N2/c1-8-2-5-14-11(10(8)13)15-6-3-9(12)4-7-15/h2,5,9H,3-4,6-7H2,1H3. The second-order valence-electron chi connectivity index (χ2n) is 3.93. The van der Waals surface area contributed by atoms with Gasteiger partial charge in [-0.25, -0.2) is 4.98 Å². The zero-order valence-corrected chi connectivity index (χ0v) is 11.9. The van der Waals surface area contributed by atoms with Gasteiger partial charge in [0.15, 0.2) is 0 Å². The number of nitrogens with zero attached hydrogens (tertiary/aromatic N) is 2. The fourth-order valence-electron chi connectivity index (χ4n) is 1.81. The molecule has 0 aromatic carbocycles. The van der Waals surface area contributed by atoms with Crippen molar-refractivity contribution in [2.24, 2.45) is 0 Å². The van der Waals surface area contributed by atoms with Crippen molar-refractivity contribution < 1.29 is 0 Å². The van der Waals surface area contributed by atoms with Crippen molar-refractivity contribution in [3.05, 3.63) is 22.3 Å². The number of pyridine rings is 1. The number of piperidine rings is 1. The number of hydrogen-bond acceptors (Lipinski definition) is 2. The van der Waals surface area contributed by atoms with Gasteiger partial charge in [-0.2, -0.15) is 0 Å². The van der Waals surface area contributed by atoms with Gasteiger partial charge in [0.1, 0.15) is 5.82 Å². The van der Waals surface area contributed by atoms with Crippen LogP contribution in [0.25, 0.3) is 0 Å². The number of rotatable bonds is 1. The van der Waals surface area contributed by atoms with Crippen LogP contribution in [0.15, 0.2) is 16.7 Å². The number of aromatic nitrogens is 1. The van der Waals surface area contributed by atoms with E-state index in [1.165, 1.54) is 18.4 Å². The highest BCUT2D eigenvalue weighted by atomic mass is 79.9. The zero-order chi connectivity index (χ0) is 10.8. The Morgan fingerprint density at radius 3 is 2.73 bits per heavy atom. The van der Waals surface area contributed by atoms with Gasteiger partial charge in [0.25, 0.3) is 0 Å². The molecule has 2 rings (SSSR count). The van der Waals surface area contributed by atoms with Gasteiger partial charge in [0.2, 0.25) is 0 Å². The Morgan fingerprint density at radius 2 is 2.07 bits per heavy atom. The van der Waals surface area contributed by atoms with Crippen LogP contribution in [0.5, 0.6) is 0 Å². The Bertz CT molecular complexity index is 346. The fraction of sp³-hybridized carbons (Fsp3) is 0.545. The number of halogens is 2. The quantitative estimate of drug-likeness (QED) is 0.731. The third kappa shape index (κ3) is 2.53. The van der Waals surface area contributed by atoms with E-state index in [4.69, 9.17) is 0 Å². The second kappa shape index (κ2) is 4.83. The molecule has 4 heteroatoms. The minimum Gasteiger partial charge on any atom is -0.356 e. The maximum absolute atomic E-state index is 4.45. The van der Waals surface area contributed by atoms with E-state index >= 15 is 0 Å². The molecule has 2 nitrogen and oxygen atoms in total. The van der Waals surface area contributed by atoms with Crippen LogP contribution in [-0.2, 0) is 0 Å². The van der Waals surface area contributed by atoms with Crippen LogP contribution in [-0.4, -0.2) is 22.9 Å². The minimum atomic E-state index is 0.678. The average molecular weight is 334 g/mol. The Kier molecular flexibility index (Phi) is 3.67. The lowest BCUT2D eigenvalue weighted by Crippen LogP contribution is -2.34. The third-order valence-electron chi connectivity index (χ3n) is 2.79. The first-order chi connectivity index (χ1) is 7.18. The molecule has 0 bridgehead atoms. The summed E-state index contributed by atoms with van der Waals surface area (Å²) in [6, 6.07) is 2.03. The molecular formula is C11H14Br2N2. The maximum atomic E-state index is 4.45. The molecule has 0 radical (unpaired) electrons. The molecule has 1 fully saturated rings. The molecular weight excluding hydrogens is 320 g/mol. The first-order valence-corrected chi connectivity index (χ1v) is 6.89. The molecule has 0 amide bonds. The predicted octanol–water partition coefficient (Wildman–Crippen LogP) is 3.52. The van der Waals surface area contributed by atoms with Crippen molar-refractivity contribution in [3.63, 3.8) is 0 Å². The van der Waals surface area contributed by atoms with Crippen molar-refractivity contribution in [1.82, 2.24) is 4.98 Å². The number of alkyl halides is 1. The van der Waals surface area contributed by atoms with Gasteiger partial charge < -0.3 is 4.90 Å². The lowest BCUT2D eigenvalue weighted by molar-refractivity contribution is 0.591. The van der Waals surface area contributed by atoms with E-state index in [0.29, 0.717) is 4.83 Å². The minimum absolute atomic E-state index is 0.678. The largest absolute Gasteiger partial charge is 0.356 e. The molecule has 0 aliphatic carbocycles. The summed E-state index contributed by atoms with van der Waals surface area (Å²) < 4.78 is 1.14. The van der Waals surface area contributed by atoms with E-state index < -0.39 is 0 Å². The molecule has 82 valence electrons. The summed E-state index contributed by atoms with van der Waals surface area (Å²) in [5.41, 5.74) is 1.25. The Hall–Kier alpha value is -0.0900. The molecule has 15 heavy (non-hydrogen) atoms. The zero-order valence-electron chi connectivity index (χ0n) is 8.71. The lowest BCUT2D eigenvalue weighted by atomic mass is 10.1. The molecule has 0 saturated carbocycles. The van der Waals surface area contributed by atoms with Crippen molar-refractivity contribution in [3.8, 4) is 0 Å². The van der Waals surface area contributed by atoms with Gasteiger partial charge in [0, 0.05) is 24.1 Å². The van der Waals surface area contributed by atoms with Gasteiger partial charge in [-0.1, -0.05) is 15.9 Å². The third-order valence-corrected chi connectivity index (χ3v) is 4.68. The molecule has 0 atom stereocenters. The first kappa shape index (κ1) is 11.4. The number of anilines is 1. The van der Waals surface area contributed by atoms with Crippen LogP contribution in [0.2, 0.25) is 0 Å². The van der Waals surface area contributed by atoms with Crippen molar-refractivity contribution in [2.75, 3.05) is 18.0 Å². The van der Waals surface area contributed by atoms with Crippen molar-refractivity contribution in [2.45, 2.75) is 24.6 Å². The van der Waals surface area contributed by atoms with Gasteiger partial charge in [0.05, 0.1) is 4.47 Å². The molecule has 1 aromatic rings. The monoisotopic (exact) mass is 332 g/mol. The van der Waals surface area contributed by atoms with Crippen LogP contribution in [0, 0.1) is 6.92 Å². The second-order valence-corrected chi connectivity index (χ2v) is 6.02. The van der Waals surface area contributed by atoms with Crippen LogP contribution < -0.4 is 4.90 Å². The summed E-state index contributed by atoms with van der Waals surface area (Å²) >= 11 is 7.28. The Balaban J connectivity index is 2.19. The highest BCUT2D eigenvalue weighted by Gasteiger charge is 2.19. The van der Waals surface area contributed by atoms with Gasteiger partial charge in [-0.05, 0) is 47.3 Å². The topological polar surface area (TPSA) is 16.1 Å². The summed E-state index contributed by atoms with van der Waals surface area (Å²) in [6.45, 7) is 4.28. The predicted molar refractivity (Wildman–Crippen MR) is 70.8 cm³/mol. The smallest absolute Gasteiger partial charge is 0.143 e. The lowest BCUT2D eigenvalue weighted by Gasteiger charge is -2.31. The van der Waals surface area contributed by atoms with E-state index in [-0.39, 0.29) is 0 Å². The molecule has 1 saturated heterocycles. The van der Waals surface area contributed by atoms with Crippen LogP contribution >= 0.6 is 31.9 Å². The molecule has 2 heterocycles. The fourth-order valence-corrected chi connectivity index (χ4v) is 2.70. The van der Waals surface area contributed by atoms with Crippen LogP contribution in [0.4, 0.5) is 5.82 Å². The number of aryl methyl sites for hydroxylation is 1. The maximum Gasteiger partial charge on any atom is 0.143 e. The molecule has 1 aromatic heterocycles. The average Bonchev–Trinajstić information content (AvgIpc) is 2.24. The highest BCUT2D eigenvalue weighted by Crippen LogP contribution is 2.29. The highest BCUT2D eigenvalue weighted by molar-refractivity contribution is 9.10. The molecule has 0 unspecified atom stereocenters. The van der Waals surface area contributed by atoms with Crippen molar-refractivity contribution >= 4 is 37.7 Å². The molecule has 1 aliphatic rings. The van der Waals surface area contributed by atoms with Crippen LogP contribution in [0.1, 0.15) is 18.4 Å². The molecule has 0 spiro atoms. The SMILES string of the molecule is Cc1ccnc(N2CCC(Br)CC2)c1Br. The van der Waals surface area contributed by atoms with E-state index in [9.17, 15) is 0 Å². The van der Waals surface area contributed by atoms with Gasteiger partial charge in [-0.15, -0.1) is 0 Å². The van der Waals surface area contributed by atoms with E-state index in [1.54, 1.807) is 0 Å². The molecule has 1 aliphatic heterocycles. The van der Waals surface area contributed by atoms with E-state index in [1.807, 2.05) is 12.3 Å². The Labute approximate surface area is 107 Å². The normalized spacial score (nSPS) is 18.2. The van der Waals surface area contributed by atoms with Crippen LogP contribution in [0.3, 0.4) is 0 Å². The van der Waals surface area contributed by atoms with E-state index in [2.05, 4.69) is 48.7 Å².